The van der Waals surface area contributed by atoms with Gasteiger partial charge in [0.25, 0.3) is 0 Å². The summed E-state index contributed by atoms with van der Waals surface area (Å²) < 4.78 is 0. The van der Waals surface area contributed by atoms with Crippen LogP contribution in [0.2, 0.25) is 0 Å². The third kappa shape index (κ3) is 4.33. The predicted molar refractivity (Wildman–Crippen MR) is 104 cm³/mol. The number of aryl methyl sites for hydroxylation is 1. The van der Waals surface area contributed by atoms with E-state index in [1.165, 1.54) is 0 Å². The second-order valence-corrected chi connectivity index (χ2v) is 5.90. The van der Waals surface area contributed by atoms with E-state index in [1.807, 2.05) is 67.6 Å². The zero-order chi connectivity index (χ0) is 18.4. The van der Waals surface area contributed by atoms with Gasteiger partial charge in [0.1, 0.15) is 6.42 Å². The fourth-order valence-electron chi connectivity index (χ4n) is 2.63. The number of hydrazone groups is 1. The summed E-state index contributed by atoms with van der Waals surface area (Å²) in [6, 6.07) is 21.2. The number of nitrogens with one attached hydrogen (secondary N) is 2. The van der Waals surface area contributed by atoms with Gasteiger partial charge >= 0.3 is 0 Å². The maximum absolute atomic E-state index is 12.0. The Morgan fingerprint density at radius 3 is 2.50 bits per heavy atom. The minimum absolute atomic E-state index is 0.290. The predicted octanol–water partition coefficient (Wildman–Crippen LogP) is 3.63. The average Bonchev–Trinajstić information content (AvgIpc) is 2.64. The van der Waals surface area contributed by atoms with E-state index < -0.39 is 5.91 Å². The second kappa shape index (κ2) is 8.07. The fraction of sp³-hybridized carbons (Fsp3) is 0.0952. The number of hydrogen-bond acceptors (Lipinski definition) is 3. The van der Waals surface area contributed by atoms with E-state index >= 15 is 0 Å². The topological polar surface area (TPSA) is 70.6 Å². The first kappa shape index (κ1) is 17.4. The monoisotopic (exact) mass is 345 g/mol. The van der Waals surface area contributed by atoms with E-state index in [1.54, 1.807) is 12.3 Å². The van der Waals surface area contributed by atoms with E-state index in [4.69, 9.17) is 0 Å². The Morgan fingerprint density at radius 1 is 0.923 bits per heavy atom. The number of carbonyl (C=O) groups excluding carboxylic acids is 2. The van der Waals surface area contributed by atoms with E-state index in [-0.39, 0.29) is 12.3 Å². The van der Waals surface area contributed by atoms with Crippen LogP contribution in [-0.2, 0) is 9.59 Å². The third-order valence-corrected chi connectivity index (χ3v) is 3.96. The van der Waals surface area contributed by atoms with E-state index in [2.05, 4.69) is 15.8 Å². The molecule has 0 radical (unpaired) electrons. The molecule has 0 aliphatic carbocycles. The molecule has 130 valence electrons. The van der Waals surface area contributed by atoms with Crippen LogP contribution in [-0.4, -0.2) is 18.0 Å². The van der Waals surface area contributed by atoms with Gasteiger partial charge in [-0.25, -0.2) is 5.43 Å². The highest BCUT2D eigenvalue weighted by Gasteiger charge is 2.09. The molecule has 5 heteroatoms. The molecule has 0 saturated heterocycles. The molecule has 0 aliphatic rings. The lowest BCUT2D eigenvalue weighted by molar-refractivity contribution is -0.126. The van der Waals surface area contributed by atoms with Crippen molar-refractivity contribution in [1.29, 1.82) is 0 Å². The lowest BCUT2D eigenvalue weighted by atomic mass is 10.1. The molecule has 0 saturated carbocycles. The van der Waals surface area contributed by atoms with Gasteiger partial charge in [0.15, 0.2) is 0 Å². The first-order valence-corrected chi connectivity index (χ1v) is 8.28. The number of benzene rings is 3. The minimum atomic E-state index is -0.465. The smallest absolute Gasteiger partial charge is 0.249 e. The van der Waals surface area contributed by atoms with Gasteiger partial charge in [0.2, 0.25) is 11.8 Å². The Morgan fingerprint density at radius 2 is 1.65 bits per heavy atom. The van der Waals surface area contributed by atoms with Crippen molar-refractivity contribution in [2.75, 3.05) is 5.32 Å². The lowest BCUT2D eigenvalue weighted by Gasteiger charge is -2.07. The van der Waals surface area contributed by atoms with Crippen LogP contribution in [0, 0.1) is 6.92 Å². The van der Waals surface area contributed by atoms with E-state index in [9.17, 15) is 9.59 Å². The number of para-hydroxylation sites is 1. The molecule has 0 heterocycles. The zero-order valence-corrected chi connectivity index (χ0v) is 14.4. The molecule has 0 spiro atoms. The highest BCUT2D eigenvalue weighted by molar-refractivity contribution is 6.04. The molecule has 2 amide bonds. The Kier molecular flexibility index (Phi) is 5.39. The fourth-order valence-corrected chi connectivity index (χ4v) is 2.63. The summed E-state index contributed by atoms with van der Waals surface area (Å²) in [4.78, 5) is 23.9. The Bertz CT molecular complexity index is 974. The maximum atomic E-state index is 12.0. The second-order valence-electron chi connectivity index (χ2n) is 5.90. The van der Waals surface area contributed by atoms with Crippen LogP contribution >= 0.6 is 0 Å². The molecule has 0 fully saturated rings. The summed E-state index contributed by atoms with van der Waals surface area (Å²) in [6.07, 6.45) is 1.29. The summed E-state index contributed by atoms with van der Waals surface area (Å²) >= 11 is 0. The molecule has 2 N–H and O–H groups in total. The Labute approximate surface area is 151 Å². The van der Waals surface area contributed by atoms with Crippen molar-refractivity contribution in [3.63, 3.8) is 0 Å². The number of hydrogen-bond donors (Lipinski definition) is 2. The van der Waals surface area contributed by atoms with Crippen LogP contribution in [0.25, 0.3) is 10.8 Å². The first-order chi connectivity index (χ1) is 12.6. The third-order valence-electron chi connectivity index (χ3n) is 3.96. The number of rotatable bonds is 5. The largest absolute Gasteiger partial charge is 0.325 e. The average molecular weight is 345 g/mol. The van der Waals surface area contributed by atoms with Crippen molar-refractivity contribution >= 4 is 34.5 Å². The van der Waals surface area contributed by atoms with Crippen LogP contribution in [0.4, 0.5) is 5.69 Å². The van der Waals surface area contributed by atoms with Crippen LogP contribution in [0.15, 0.2) is 71.8 Å². The van der Waals surface area contributed by atoms with Gasteiger partial charge in [-0.3, -0.25) is 9.59 Å². The molecular weight excluding hydrogens is 326 g/mol. The Hall–Kier alpha value is -3.47. The molecular formula is C21H19N3O2. The van der Waals surface area contributed by atoms with Gasteiger partial charge in [-0.05, 0) is 29.3 Å². The van der Waals surface area contributed by atoms with Gasteiger partial charge in [0, 0.05) is 11.3 Å². The van der Waals surface area contributed by atoms with Crippen LogP contribution in [0.5, 0.6) is 0 Å². The van der Waals surface area contributed by atoms with E-state index in [0.29, 0.717) is 5.69 Å². The minimum Gasteiger partial charge on any atom is -0.325 e. The van der Waals surface area contributed by atoms with Gasteiger partial charge in [-0.15, -0.1) is 0 Å². The van der Waals surface area contributed by atoms with Crippen molar-refractivity contribution in [3.05, 3.63) is 77.9 Å². The van der Waals surface area contributed by atoms with Gasteiger partial charge in [-0.2, -0.15) is 5.10 Å². The van der Waals surface area contributed by atoms with Gasteiger partial charge < -0.3 is 5.32 Å². The summed E-state index contributed by atoms with van der Waals surface area (Å²) in [7, 11) is 0. The molecule has 0 unspecified atom stereocenters. The molecule has 26 heavy (non-hydrogen) atoms. The molecule has 3 rings (SSSR count). The molecule has 0 aliphatic heterocycles. The van der Waals surface area contributed by atoms with Crippen molar-refractivity contribution < 1.29 is 9.59 Å². The first-order valence-electron chi connectivity index (χ1n) is 8.28. The number of carbonyl (C=O) groups is 2. The number of nitrogens with zero attached hydrogens (tertiary/aromatic N) is 1. The SMILES string of the molecule is Cc1ccccc1NC(=O)CC(=O)NN=Cc1cccc2ccccc12. The van der Waals surface area contributed by atoms with Gasteiger partial charge in [-0.1, -0.05) is 60.7 Å². The normalized spacial score (nSPS) is 10.8. The highest BCUT2D eigenvalue weighted by atomic mass is 16.2. The van der Waals surface area contributed by atoms with Crippen LogP contribution < -0.4 is 10.7 Å². The number of anilines is 1. The molecule has 0 bridgehead atoms. The number of fused-ring (bicyclic) bond motifs is 1. The zero-order valence-electron chi connectivity index (χ0n) is 14.4. The van der Waals surface area contributed by atoms with E-state index in [0.717, 1.165) is 21.9 Å². The van der Waals surface area contributed by atoms with Crippen LogP contribution in [0.1, 0.15) is 17.5 Å². The summed E-state index contributed by atoms with van der Waals surface area (Å²) in [5.74, 6) is -0.843. The van der Waals surface area contributed by atoms with Crippen LogP contribution in [0.3, 0.4) is 0 Å². The maximum Gasteiger partial charge on any atom is 0.249 e. The summed E-state index contributed by atoms with van der Waals surface area (Å²) in [6.45, 7) is 1.89. The summed E-state index contributed by atoms with van der Waals surface area (Å²) in [5, 5.41) is 8.83. The lowest BCUT2D eigenvalue weighted by Crippen LogP contribution is -2.24. The van der Waals surface area contributed by atoms with Crippen molar-refractivity contribution in [2.45, 2.75) is 13.3 Å². The van der Waals surface area contributed by atoms with Gasteiger partial charge in [0.05, 0.1) is 6.21 Å². The standard InChI is InChI=1S/C21H19N3O2/c1-15-7-2-5-12-19(15)23-20(25)13-21(26)24-22-14-17-10-6-9-16-8-3-4-11-18(16)17/h2-12,14H,13H2,1H3,(H,23,25)(H,24,26). The van der Waals surface area contributed by atoms with Crippen molar-refractivity contribution in [3.8, 4) is 0 Å². The summed E-state index contributed by atoms with van der Waals surface area (Å²) in [5.41, 5.74) is 4.93. The van der Waals surface area contributed by atoms with Crippen molar-refractivity contribution in [1.82, 2.24) is 5.43 Å². The van der Waals surface area contributed by atoms with Crippen molar-refractivity contribution in [2.24, 2.45) is 5.10 Å². The molecule has 0 atom stereocenters. The molecule has 5 nitrogen and oxygen atoms in total. The quantitative estimate of drug-likeness (QED) is 0.421. The number of amides is 2. The molecule has 3 aromatic rings. The highest BCUT2D eigenvalue weighted by Crippen LogP contribution is 2.16. The Balaban J connectivity index is 1.57. The molecule has 0 aromatic heterocycles. The molecule has 3 aromatic carbocycles.